The number of aromatic nitrogens is 4. The fourth-order valence-electron chi connectivity index (χ4n) is 6.56. The molecule has 12 nitrogen and oxygen atoms in total. The molecule has 1 aromatic carbocycles. The van der Waals surface area contributed by atoms with Crippen molar-refractivity contribution in [1.82, 2.24) is 29.1 Å². The second-order valence-corrected chi connectivity index (χ2v) is 13.8. The average Bonchev–Trinajstić information content (AvgIpc) is 3.38. The van der Waals surface area contributed by atoms with E-state index in [1.807, 2.05) is 6.92 Å². The molecule has 4 aromatic rings. The molecular formula is C30H30F3N7O5S. The average molecular weight is 658 g/mol. The van der Waals surface area contributed by atoms with Crippen molar-refractivity contribution in [1.29, 1.82) is 0 Å². The number of nitrogens with one attached hydrogen (secondary N) is 2. The Morgan fingerprint density at radius 3 is 2.57 bits per heavy atom. The molecule has 3 aromatic heterocycles. The number of nitrogens with zero attached hydrogens (tertiary/aromatic N) is 5. The van der Waals surface area contributed by atoms with E-state index in [1.165, 1.54) is 17.0 Å². The summed E-state index contributed by atoms with van der Waals surface area (Å²) in [7, 11) is -4.30. The number of hydrogen-bond acceptors (Lipinski definition) is 9. The standard InChI is InChI=1S/C30H30F3N7O5S/c1-17-25(45-12-11-34-17)22-8-7-19-20(14-40(26(19)36-22)46(43,44)18-5-3-2-4-6-18)24-21(30(31,32)33)13-35-27(38-24)37-23-9-10-29(23)15-39(16-29)28(41)42/h2-8,13-14,17,23,25,34H,9-12,15-16H2,1H3,(H,41,42)(H,35,37,38). The van der Waals surface area contributed by atoms with E-state index in [4.69, 9.17) is 4.74 Å². The van der Waals surface area contributed by atoms with Crippen LogP contribution in [0, 0.1) is 5.41 Å². The first-order chi connectivity index (χ1) is 21.9. The van der Waals surface area contributed by atoms with Gasteiger partial charge in [-0.1, -0.05) is 18.2 Å². The van der Waals surface area contributed by atoms with Crippen LogP contribution in [0.1, 0.15) is 37.1 Å². The molecule has 16 heteroatoms. The minimum absolute atomic E-state index is 0.0677. The molecule has 1 aliphatic carbocycles. The van der Waals surface area contributed by atoms with Crippen LogP contribution in [0.25, 0.3) is 22.3 Å². The molecule has 2 saturated heterocycles. The van der Waals surface area contributed by atoms with Crippen molar-refractivity contribution in [2.75, 3.05) is 31.6 Å². The Labute approximate surface area is 261 Å². The van der Waals surface area contributed by atoms with E-state index in [9.17, 15) is 31.5 Å². The Hall–Kier alpha value is -4.28. The first-order valence-corrected chi connectivity index (χ1v) is 16.2. The van der Waals surface area contributed by atoms with Gasteiger partial charge in [0.1, 0.15) is 11.7 Å². The zero-order valence-corrected chi connectivity index (χ0v) is 25.3. The number of fused-ring (bicyclic) bond motifs is 1. The van der Waals surface area contributed by atoms with Crippen LogP contribution in [0.4, 0.5) is 23.9 Å². The van der Waals surface area contributed by atoms with Gasteiger partial charge in [0.25, 0.3) is 10.0 Å². The first kappa shape index (κ1) is 30.4. The van der Waals surface area contributed by atoms with Crippen LogP contribution in [0.3, 0.4) is 0 Å². The molecule has 1 amide bonds. The smallest absolute Gasteiger partial charge is 0.419 e. The number of hydrogen-bond donors (Lipinski definition) is 3. The molecule has 3 unspecified atom stereocenters. The SMILES string of the molecule is CC1NCCOC1c1ccc2c(-c3nc(NC4CCC45CN(C(=O)O)C5)ncc3C(F)(F)F)cn(S(=O)(=O)c3ccccc3)c2n1. The lowest BCUT2D eigenvalue weighted by Gasteiger charge is -2.59. The monoisotopic (exact) mass is 657 g/mol. The summed E-state index contributed by atoms with van der Waals surface area (Å²) >= 11 is 0. The van der Waals surface area contributed by atoms with Crippen LogP contribution < -0.4 is 10.6 Å². The highest BCUT2D eigenvalue weighted by molar-refractivity contribution is 7.90. The molecular weight excluding hydrogens is 627 g/mol. The summed E-state index contributed by atoms with van der Waals surface area (Å²) in [6.07, 6.45) is -3.16. The third kappa shape index (κ3) is 5.04. The molecule has 1 saturated carbocycles. The lowest BCUT2D eigenvalue weighted by molar-refractivity contribution is -0.137. The van der Waals surface area contributed by atoms with Crippen molar-refractivity contribution in [2.45, 2.75) is 49.0 Å². The summed E-state index contributed by atoms with van der Waals surface area (Å²) in [6.45, 7) is 3.57. The van der Waals surface area contributed by atoms with Crippen molar-refractivity contribution in [3.63, 3.8) is 0 Å². The van der Waals surface area contributed by atoms with Gasteiger partial charge in [-0.15, -0.1) is 0 Å². The molecule has 7 rings (SSSR count). The summed E-state index contributed by atoms with van der Waals surface area (Å²) < 4.78 is 78.0. The number of carboxylic acid groups (broad SMARTS) is 1. The highest BCUT2D eigenvalue weighted by Gasteiger charge is 2.56. The zero-order valence-electron chi connectivity index (χ0n) is 24.5. The van der Waals surface area contributed by atoms with E-state index in [1.54, 1.807) is 30.3 Å². The number of rotatable bonds is 6. The maximum atomic E-state index is 14.4. The van der Waals surface area contributed by atoms with Gasteiger partial charge in [0.05, 0.1) is 22.9 Å². The summed E-state index contributed by atoms with van der Waals surface area (Å²) in [4.78, 5) is 25.5. The largest absolute Gasteiger partial charge is 0.465 e. The third-order valence-corrected chi connectivity index (χ3v) is 10.8. The van der Waals surface area contributed by atoms with Gasteiger partial charge in [-0.25, -0.2) is 32.1 Å². The van der Waals surface area contributed by atoms with E-state index < -0.39 is 39.7 Å². The molecule has 0 bridgehead atoms. The molecule has 1 spiro atoms. The van der Waals surface area contributed by atoms with Gasteiger partial charge in [-0.2, -0.15) is 13.2 Å². The Bertz CT molecular complexity index is 1930. The molecule has 3 aliphatic rings. The molecule has 46 heavy (non-hydrogen) atoms. The van der Waals surface area contributed by atoms with E-state index in [-0.39, 0.29) is 44.9 Å². The highest BCUT2D eigenvalue weighted by atomic mass is 32.2. The quantitative estimate of drug-likeness (QED) is 0.273. The summed E-state index contributed by atoms with van der Waals surface area (Å²) in [5.41, 5.74) is -1.72. The van der Waals surface area contributed by atoms with Gasteiger partial charge in [0, 0.05) is 60.5 Å². The predicted molar refractivity (Wildman–Crippen MR) is 160 cm³/mol. The second-order valence-electron chi connectivity index (χ2n) is 12.0. The van der Waals surface area contributed by atoms with Crippen LogP contribution in [0.5, 0.6) is 0 Å². The van der Waals surface area contributed by atoms with Crippen molar-refractivity contribution < 1.29 is 36.2 Å². The van der Waals surface area contributed by atoms with Gasteiger partial charge in [-0.3, -0.25) is 0 Å². The van der Waals surface area contributed by atoms with Crippen molar-refractivity contribution in [2.24, 2.45) is 5.41 Å². The van der Waals surface area contributed by atoms with Gasteiger partial charge >= 0.3 is 12.3 Å². The second kappa shape index (κ2) is 10.9. The number of anilines is 1. The number of morpholine rings is 1. The number of halogens is 3. The van der Waals surface area contributed by atoms with Crippen LogP contribution in [0.2, 0.25) is 0 Å². The Morgan fingerprint density at radius 1 is 1.15 bits per heavy atom. The number of amides is 1. The van der Waals surface area contributed by atoms with Gasteiger partial charge in [0.15, 0.2) is 5.65 Å². The maximum Gasteiger partial charge on any atom is 0.419 e. The number of carbonyl (C=O) groups is 1. The summed E-state index contributed by atoms with van der Waals surface area (Å²) in [6, 6.07) is 10.3. The van der Waals surface area contributed by atoms with E-state index >= 15 is 0 Å². The van der Waals surface area contributed by atoms with Crippen molar-refractivity contribution in [3.05, 3.63) is 66.1 Å². The number of alkyl halides is 3. The Balaban J connectivity index is 1.36. The number of likely N-dealkylation sites (tertiary alicyclic amines) is 1. The van der Waals surface area contributed by atoms with E-state index in [2.05, 4.69) is 25.6 Å². The molecule has 3 N–H and O–H groups in total. The lowest BCUT2D eigenvalue weighted by atomic mass is 9.59. The normalized spacial score (nSPS) is 22.8. The topological polar surface area (TPSA) is 152 Å². The minimum Gasteiger partial charge on any atom is -0.465 e. The predicted octanol–water partition coefficient (Wildman–Crippen LogP) is 4.35. The van der Waals surface area contributed by atoms with E-state index in [0.29, 0.717) is 44.6 Å². The minimum atomic E-state index is -4.86. The van der Waals surface area contributed by atoms with E-state index in [0.717, 1.165) is 16.6 Å². The molecule has 242 valence electrons. The summed E-state index contributed by atoms with van der Waals surface area (Å²) in [5, 5.41) is 15.8. The molecule has 0 radical (unpaired) electrons. The van der Waals surface area contributed by atoms with Crippen LogP contribution in [-0.2, 0) is 20.9 Å². The Kier molecular flexibility index (Phi) is 7.21. The van der Waals surface area contributed by atoms with Crippen LogP contribution >= 0.6 is 0 Å². The van der Waals surface area contributed by atoms with Crippen LogP contribution in [-0.4, -0.2) is 81.8 Å². The summed E-state index contributed by atoms with van der Waals surface area (Å²) in [5.74, 6) is -0.0762. The number of ether oxygens (including phenoxy) is 1. The fourth-order valence-corrected chi connectivity index (χ4v) is 7.90. The highest BCUT2D eigenvalue weighted by Crippen LogP contribution is 2.49. The van der Waals surface area contributed by atoms with Gasteiger partial charge in [-0.05, 0) is 44.0 Å². The number of pyridine rings is 1. The molecule has 3 atom stereocenters. The van der Waals surface area contributed by atoms with Gasteiger partial charge in [0.2, 0.25) is 5.95 Å². The lowest BCUT2D eigenvalue weighted by Crippen LogP contribution is -2.69. The number of benzene rings is 1. The molecule has 5 heterocycles. The van der Waals surface area contributed by atoms with Crippen molar-refractivity contribution in [3.8, 4) is 11.3 Å². The van der Waals surface area contributed by atoms with Gasteiger partial charge < -0.3 is 25.4 Å². The molecule has 2 aliphatic heterocycles. The molecule has 3 fully saturated rings. The van der Waals surface area contributed by atoms with Crippen molar-refractivity contribution >= 4 is 33.1 Å². The van der Waals surface area contributed by atoms with Crippen LogP contribution in [0.15, 0.2) is 59.8 Å². The Morgan fingerprint density at radius 2 is 1.91 bits per heavy atom. The maximum absolute atomic E-state index is 14.4. The first-order valence-electron chi connectivity index (χ1n) is 14.7. The zero-order chi connectivity index (χ0) is 32.4. The fraction of sp³-hybridized carbons (Fsp3) is 0.400. The third-order valence-electron chi connectivity index (χ3n) is 9.16.